The lowest BCUT2D eigenvalue weighted by molar-refractivity contribution is -0.0792. The van der Waals surface area contributed by atoms with E-state index in [1.807, 2.05) is 45.7 Å². The summed E-state index contributed by atoms with van der Waals surface area (Å²) in [6, 6.07) is 10.7. The second-order valence-electron chi connectivity index (χ2n) is 9.30. The van der Waals surface area contributed by atoms with Gasteiger partial charge in [0.1, 0.15) is 6.04 Å². The van der Waals surface area contributed by atoms with Crippen LogP contribution in [0.1, 0.15) is 24.1 Å². The number of aromatic nitrogens is 1. The molecule has 39 heavy (non-hydrogen) atoms. The van der Waals surface area contributed by atoms with Crippen LogP contribution in [0.25, 0.3) is 0 Å². The van der Waals surface area contributed by atoms with Gasteiger partial charge in [-0.05, 0) is 36.8 Å². The number of methoxy groups -OCH3 is 1. The molecule has 1 unspecified atom stereocenters. The van der Waals surface area contributed by atoms with Gasteiger partial charge in [0.2, 0.25) is 5.90 Å². The monoisotopic (exact) mass is 621 g/mol. The normalized spacial score (nSPS) is 21.9. The summed E-state index contributed by atoms with van der Waals surface area (Å²) >= 11 is 3.57. The minimum absolute atomic E-state index is 0.231. The van der Waals surface area contributed by atoms with E-state index in [-0.39, 0.29) is 12.3 Å². The van der Waals surface area contributed by atoms with Crippen molar-refractivity contribution in [2.45, 2.75) is 25.2 Å². The predicted octanol–water partition coefficient (Wildman–Crippen LogP) is 3.63. The number of morpholine rings is 2. The second-order valence-corrected chi connectivity index (χ2v) is 12.5. The minimum atomic E-state index is -3.57. The SMILES string of the molecule is COC(O)CC[C@@H]1N=C(c2ccccn2)c2cc(Br)ccc2N=C1OP(=O)(N1CCOCC1)N1CCOCC1. The van der Waals surface area contributed by atoms with Gasteiger partial charge in [0.15, 0.2) is 6.29 Å². The van der Waals surface area contributed by atoms with Crippen LogP contribution in [0.3, 0.4) is 0 Å². The van der Waals surface area contributed by atoms with E-state index >= 15 is 0 Å². The third kappa shape index (κ3) is 6.66. The van der Waals surface area contributed by atoms with Crippen molar-refractivity contribution < 1.29 is 28.4 Å². The zero-order valence-electron chi connectivity index (χ0n) is 21.8. The average Bonchev–Trinajstić information content (AvgIpc) is 3.13. The molecule has 11 nitrogen and oxygen atoms in total. The van der Waals surface area contributed by atoms with E-state index < -0.39 is 20.0 Å². The van der Waals surface area contributed by atoms with Crippen molar-refractivity contribution in [2.75, 3.05) is 59.7 Å². The summed E-state index contributed by atoms with van der Waals surface area (Å²) in [5.41, 5.74) is 2.71. The predicted molar refractivity (Wildman–Crippen MR) is 151 cm³/mol. The number of fused-ring (bicyclic) bond motifs is 1. The highest BCUT2D eigenvalue weighted by atomic mass is 79.9. The Morgan fingerprint density at radius 3 is 2.41 bits per heavy atom. The Morgan fingerprint density at radius 1 is 1.10 bits per heavy atom. The Labute approximate surface area is 236 Å². The molecule has 1 aromatic heterocycles. The summed E-state index contributed by atoms with van der Waals surface area (Å²) in [6.07, 6.45) is 1.37. The number of benzene rings is 1. The first-order valence-corrected chi connectivity index (χ1v) is 15.3. The first-order chi connectivity index (χ1) is 19.0. The Morgan fingerprint density at radius 2 is 1.79 bits per heavy atom. The molecule has 0 saturated carbocycles. The highest BCUT2D eigenvalue weighted by Gasteiger charge is 2.44. The van der Waals surface area contributed by atoms with Crippen LogP contribution in [0.4, 0.5) is 5.69 Å². The average molecular weight is 622 g/mol. The summed E-state index contributed by atoms with van der Waals surface area (Å²) in [5.74, 6) is 0.231. The molecular formula is C26H33BrN5O6P. The van der Waals surface area contributed by atoms with Gasteiger partial charge in [0, 0.05) is 55.9 Å². The second kappa shape index (κ2) is 13.1. The van der Waals surface area contributed by atoms with Crippen LogP contribution >= 0.6 is 23.6 Å². The molecule has 2 fully saturated rings. The lowest BCUT2D eigenvalue weighted by atomic mass is 10.0. The molecule has 3 aliphatic heterocycles. The third-order valence-electron chi connectivity index (χ3n) is 6.78. The molecular weight excluding hydrogens is 589 g/mol. The maximum atomic E-state index is 14.9. The highest BCUT2D eigenvalue weighted by molar-refractivity contribution is 9.10. The van der Waals surface area contributed by atoms with Gasteiger partial charge in [-0.3, -0.25) is 9.98 Å². The molecule has 210 valence electrons. The Balaban J connectivity index is 1.60. The van der Waals surface area contributed by atoms with E-state index in [1.54, 1.807) is 6.20 Å². The zero-order chi connectivity index (χ0) is 27.2. The maximum absolute atomic E-state index is 14.9. The van der Waals surface area contributed by atoms with Crippen LogP contribution in [0.5, 0.6) is 0 Å². The van der Waals surface area contributed by atoms with Gasteiger partial charge in [-0.15, -0.1) is 0 Å². The fraction of sp³-hybridized carbons (Fsp3) is 0.500. The van der Waals surface area contributed by atoms with Crippen LogP contribution in [0, 0.1) is 0 Å². The summed E-state index contributed by atoms with van der Waals surface area (Å²) in [5, 5.41) is 10.2. The fourth-order valence-corrected chi connectivity index (χ4v) is 7.39. The molecule has 1 aromatic carbocycles. The topological polar surface area (TPSA) is 118 Å². The molecule has 2 atom stereocenters. The van der Waals surface area contributed by atoms with Gasteiger partial charge in [0.05, 0.1) is 43.5 Å². The lowest BCUT2D eigenvalue weighted by Crippen LogP contribution is -2.44. The largest absolute Gasteiger partial charge is 0.405 e. The number of pyridine rings is 1. The first-order valence-electron chi connectivity index (χ1n) is 13.0. The number of hydrogen-bond acceptors (Lipinski definition) is 9. The molecule has 0 bridgehead atoms. The summed E-state index contributed by atoms with van der Waals surface area (Å²) < 4.78 is 42.2. The fourth-order valence-electron chi connectivity index (χ4n) is 4.69. The molecule has 0 aliphatic carbocycles. The number of ether oxygens (including phenoxy) is 3. The molecule has 1 N–H and O–H groups in total. The first kappa shape index (κ1) is 28.5. The van der Waals surface area contributed by atoms with E-state index in [0.717, 1.165) is 10.0 Å². The lowest BCUT2D eigenvalue weighted by Gasteiger charge is -2.41. The summed E-state index contributed by atoms with van der Waals surface area (Å²) in [7, 11) is -2.13. The van der Waals surface area contributed by atoms with E-state index in [2.05, 4.69) is 20.9 Å². The smallest absolute Gasteiger partial charge is 0.397 e. The van der Waals surface area contributed by atoms with Crippen molar-refractivity contribution in [1.82, 2.24) is 14.3 Å². The Kier molecular flexibility index (Phi) is 9.57. The van der Waals surface area contributed by atoms with Crippen LogP contribution in [-0.2, 0) is 23.3 Å². The van der Waals surface area contributed by atoms with Gasteiger partial charge in [-0.1, -0.05) is 22.0 Å². The number of aliphatic hydroxyl groups excluding tert-OH is 1. The molecule has 0 spiro atoms. The van der Waals surface area contributed by atoms with Gasteiger partial charge >= 0.3 is 7.67 Å². The van der Waals surface area contributed by atoms with Gasteiger partial charge in [0.25, 0.3) is 0 Å². The van der Waals surface area contributed by atoms with Crippen molar-refractivity contribution in [1.29, 1.82) is 0 Å². The zero-order valence-corrected chi connectivity index (χ0v) is 24.3. The molecule has 2 aromatic rings. The highest BCUT2D eigenvalue weighted by Crippen LogP contribution is 2.55. The maximum Gasteiger partial charge on any atom is 0.397 e. The Hall–Kier alpha value is -2.02. The number of nitrogens with zero attached hydrogens (tertiary/aromatic N) is 5. The van der Waals surface area contributed by atoms with E-state index in [1.165, 1.54) is 7.11 Å². The molecule has 0 amide bonds. The van der Waals surface area contributed by atoms with Crippen LogP contribution in [0.15, 0.2) is 57.1 Å². The number of hydrogen-bond donors (Lipinski definition) is 1. The van der Waals surface area contributed by atoms with Gasteiger partial charge < -0.3 is 23.8 Å². The van der Waals surface area contributed by atoms with Gasteiger partial charge in [-0.2, -0.15) is 0 Å². The molecule has 0 radical (unpaired) electrons. The van der Waals surface area contributed by atoms with Crippen molar-refractivity contribution in [3.63, 3.8) is 0 Å². The summed E-state index contributed by atoms with van der Waals surface area (Å²) in [4.78, 5) is 14.6. The molecule has 4 heterocycles. The molecule has 13 heteroatoms. The summed E-state index contributed by atoms with van der Waals surface area (Å²) in [6.45, 7) is 3.75. The van der Waals surface area contributed by atoms with Crippen molar-refractivity contribution >= 4 is 40.9 Å². The number of halogens is 1. The molecule has 3 aliphatic rings. The number of aliphatic hydroxyl groups is 1. The quantitative estimate of drug-likeness (QED) is 0.348. The third-order valence-corrected chi connectivity index (χ3v) is 9.93. The van der Waals surface area contributed by atoms with Crippen LogP contribution in [0.2, 0.25) is 0 Å². The minimum Gasteiger partial charge on any atom is -0.405 e. The standard InChI is InChI=1S/C26H33BrN5O6P/c1-35-24(33)8-7-23-26(38-39(34,31-10-14-36-15-11-31)32-12-16-37-17-13-32)30-21-6-5-19(27)18-20(21)25(29-23)22-4-2-3-9-28-22/h2-6,9,18,23-24,33H,7-8,10-17H2,1H3/t23-,24?/m0/s1. The van der Waals surface area contributed by atoms with Crippen molar-refractivity contribution in [3.8, 4) is 0 Å². The van der Waals surface area contributed by atoms with Crippen LogP contribution in [-0.4, -0.2) is 103 Å². The van der Waals surface area contributed by atoms with E-state index in [4.69, 9.17) is 28.7 Å². The molecule has 2 saturated heterocycles. The van der Waals surface area contributed by atoms with Gasteiger partial charge in [-0.25, -0.2) is 18.9 Å². The van der Waals surface area contributed by atoms with Crippen LogP contribution < -0.4 is 0 Å². The Bertz CT molecular complexity index is 1210. The number of rotatable bonds is 8. The number of aliphatic imine (C=N–C) groups is 2. The van der Waals surface area contributed by atoms with Crippen molar-refractivity contribution in [2.24, 2.45) is 9.98 Å². The molecule has 5 rings (SSSR count). The van der Waals surface area contributed by atoms with E-state index in [9.17, 15) is 9.67 Å². The van der Waals surface area contributed by atoms with E-state index in [0.29, 0.717) is 76.1 Å². The van der Waals surface area contributed by atoms with Crippen molar-refractivity contribution in [3.05, 3.63) is 58.3 Å².